The van der Waals surface area contributed by atoms with Crippen LogP contribution in [0.1, 0.15) is 71.1 Å². The van der Waals surface area contributed by atoms with E-state index in [9.17, 15) is 8.42 Å². The molecule has 5 heteroatoms. The van der Waals surface area contributed by atoms with Crippen molar-refractivity contribution in [1.82, 2.24) is 0 Å². The van der Waals surface area contributed by atoms with E-state index < -0.39 is 9.84 Å². The maximum Gasteiger partial charge on any atom is 0.206 e. The van der Waals surface area contributed by atoms with Crippen LogP contribution >= 0.6 is 0 Å². The highest BCUT2D eigenvalue weighted by Gasteiger charge is 2.23. The third-order valence-corrected chi connectivity index (χ3v) is 8.59. The molecule has 4 rings (SSSR count). The van der Waals surface area contributed by atoms with E-state index in [1.165, 1.54) is 16.7 Å². The first-order valence-electron chi connectivity index (χ1n) is 13.3. The van der Waals surface area contributed by atoms with E-state index in [1.807, 2.05) is 32.9 Å². The number of ether oxygens (including phenoxy) is 2. The molecule has 0 unspecified atom stereocenters. The first-order valence-corrected chi connectivity index (χ1v) is 14.8. The molecular weight excluding hydrogens is 504 g/mol. The van der Waals surface area contributed by atoms with Crippen LogP contribution in [0.4, 0.5) is 0 Å². The second-order valence-corrected chi connectivity index (χ2v) is 13.6. The minimum atomic E-state index is -3.66. The van der Waals surface area contributed by atoms with Crippen molar-refractivity contribution in [3.63, 3.8) is 0 Å². The topological polar surface area (TPSA) is 52.6 Å². The second kappa shape index (κ2) is 10.9. The summed E-state index contributed by atoms with van der Waals surface area (Å²) in [5.41, 5.74) is 3.27. The molecule has 0 N–H and O–H groups in total. The van der Waals surface area contributed by atoms with E-state index in [0.717, 1.165) is 0 Å². The van der Waals surface area contributed by atoms with E-state index in [2.05, 4.69) is 64.1 Å². The van der Waals surface area contributed by atoms with Gasteiger partial charge in [0.05, 0.1) is 9.79 Å². The zero-order valence-electron chi connectivity index (χ0n) is 23.9. The SMILES string of the molecule is CC(C)c1ccc(C(C)(C)c2ccc(Oc3ccc(S(=O)(=O)c4ccc(OC(C)(C)C)cc4)cc3)cc2)cc1. The lowest BCUT2D eigenvalue weighted by Crippen LogP contribution is -2.22. The molecule has 0 saturated carbocycles. The average molecular weight is 543 g/mol. The maximum absolute atomic E-state index is 13.1. The summed E-state index contributed by atoms with van der Waals surface area (Å²) in [6, 6.07) is 29.9. The molecule has 0 amide bonds. The van der Waals surface area contributed by atoms with Gasteiger partial charge in [-0.2, -0.15) is 0 Å². The molecule has 0 atom stereocenters. The van der Waals surface area contributed by atoms with Crippen LogP contribution < -0.4 is 9.47 Å². The maximum atomic E-state index is 13.1. The van der Waals surface area contributed by atoms with Gasteiger partial charge in [0.25, 0.3) is 0 Å². The van der Waals surface area contributed by atoms with Gasteiger partial charge in [-0.25, -0.2) is 8.42 Å². The normalized spacial score (nSPS) is 12.4. The van der Waals surface area contributed by atoms with Crippen molar-refractivity contribution in [2.75, 3.05) is 0 Å². The molecule has 0 aliphatic heterocycles. The van der Waals surface area contributed by atoms with Crippen LogP contribution in [0.3, 0.4) is 0 Å². The Kier molecular flexibility index (Phi) is 7.94. The van der Waals surface area contributed by atoms with E-state index in [-0.39, 0.29) is 20.8 Å². The van der Waals surface area contributed by atoms with Crippen LogP contribution in [0.5, 0.6) is 17.2 Å². The van der Waals surface area contributed by atoms with Crippen molar-refractivity contribution >= 4 is 9.84 Å². The third-order valence-electron chi connectivity index (χ3n) is 6.80. The first kappa shape index (κ1) is 28.4. The van der Waals surface area contributed by atoms with Crippen LogP contribution in [0.25, 0.3) is 0 Å². The summed E-state index contributed by atoms with van der Waals surface area (Å²) >= 11 is 0. The Balaban J connectivity index is 1.45. The highest BCUT2D eigenvalue weighted by molar-refractivity contribution is 7.91. The number of rotatable bonds is 8. The fraction of sp³-hybridized carbons (Fsp3) is 0.294. The van der Waals surface area contributed by atoms with Crippen molar-refractivity contribution in [3.8, 4) is 17.2 Å². The van der Waals surface area contributed by atoms with Gasteiger partial charge in [0.15, 0.2) is 0 Å². The summed E-state index contributed by atoms with van der Waals surface area (Å²) < 4.78 is 38.1. The van der Waals surface area contributed by atoms with Crippen LogP contribution in [-0.2, 0) is 15.3 Å². The summed E-state index contributed by atoms with van der Waals surface area (Å²) in [5, 5.41) is 0. The zero-order valence-corrected chi connectivity index (χ0v) is 24.7. The quantitative estimate of drug-likeness (QED) is 0.223. The number of benzene rings is 4. The molecule has 0 aliphatic rings. The van der Waals surface area contributed by atoms with Crippen molar-refractivity contribution < 1.29 is 17.9 Å². The van der Waals surface area contributed by atoms with Gasteiger partial charge in [-0.15, -0.1) is 0 Å². The molecule has 0 fully saturated rings. The van der Waals surface area contributed by atoms with Gasteiger partial charge in [0, 0.05) is 5.41 Å². The van der Waals surface area contributed by atoms with E-state index in [4.69, 9.17) is 9.47 Å². The highest BCUT2D eigenvalue weighted by Crippen LogP contribution is 2.34. The van der Waals surface area contributed by atoms with Gasteiger partial charge in [-0.3, -0.25) is 0 Å². The molecule has 0 aliphatic carbocycles. The average Bonchev–Trinajstić information content (AvgIpc) is 2.89. The summed E-state index contributed by atoms with van der Waals surface area (Å²) in [6.07, 6.45) is 0. The second-order valence-electron chi connectivity index (χ2n) is 11.7. The van der Waals surface area contributed by atoms with E-state index >= 15 is 0 Å². The van der Waals surface area contributed by atoms with Crippen LogP contribution in [0.15, 0.2) is 107 Å². The van der Waals surface area contributed by atoms with Crippen LogP contribution in [0, 0.1) is 0 Å². The summed E-state index contributed by atoms with van der Waals surface area (Å²) in [7, 11) is -3.66. The Labute approximate surface area is 233 Å². The largest absolute Gasteiger partial charge is 0.488 e. The molecule has 0 heterocycles. The summed E-state index contributed by atoms with van der Waals surface area (Å²) in [6.45, 7) is 14.7. The molecular formula is C34H38O4S. The molecule has 0 saturated heterocycles. The number of hydrogen-bond acceptors (Lipinski definition) is 4. The summed E-state index contributed by atoms with van der Waals surface area (Å²) in [4.78, 5) is 0.425. The molecule has 0 aromatic heterocycles. The lowest BCUT2D eigenvalue weighted by Gasteiger charge is -2.27. The van der Waals surface area contributed by atoms with E-state index in [0.29, 0.717) is 23.2 Å². The minimum Gasteiger partial charge on any atom is -0.488 e. The van der Waals surface area contributed by atoms with E-state index in [1.54, 1.807) is 48.5 Å². The molecule has 0 bridgehead atoms. The predicted molar refractivity (Wildman–Crippen MR) is 158 cm³/mol. The fourth-order valence-electron chi connectivity index (χ4n) is 4.39. The van der Waals surface area contributed by atoms with Gasteiger partial charge >= 0.3 is 0 Å². The smallest absolute Gasteiger partial charge is 0.206 e. The Bertz CT molecular complexity index is 1490. The zero-order chi connectivity index (χ0) is 28.4. The Morgan fingerprint density at radius 2 is 0.949 bits per heavy atom. The van der Waals surface area contributed by atoms with Gasteiger partial charge in [0.2, 0.25) is 9.84 Å². The Morgan fingerprint density at radius 1 is 0.564 bits per heavy atom. The number of hydrogen-bond donors (Lipinski definition) is 0. The monoisotopic (exact) mass is 542 g/mol. The van der Waals surface area contributed by atoms with Crippen molar-refractivity contribution in [2.24, 2.45) is 0 Å². The van der Waals surface area contributed by atoms with Crippen LogP contribution in [-0.4, -0.2) is 14.0 Å². The molecule has 4 aromatic carbocycles. The fourth-order valence-corrected chi connectivity index (χ4v) is 5.65. The lowest BCUT2D eigenvalue weighted by atomic mass is 9.77. The molecule has 0 radical (unpaired) electrons. The van der Waals surface area contributed by atoms with Gasteiger partial charge < -0.3 is 9.47 Å². The minimum absolute atomic E-state index is 0.152. The lowest BCUT2D eigenvalue weighted by molar-refractivity contribution is 0.131. The van der Waals surface area contributed by atoms with Crippen molar-refractivity contribution in [3.05, 3.63) is 114 Å². The molecule has 0 spiro atoms. The van der Waals surface area contributed by atoms with Crippen molar-refractivity contribution in [2.45, 2.75) is 75.2 Å². The molecule has 4 aromatic rings. The molecule has 39 heavy (non-hydrogen) atoms. The van der Waals surface area contributed by atoms with Crippen molar-refractivity contribution in [1.29, 1.82) is 0 Å². The number of sulfone groups is 1. The first-order chi connectivity index (χ1) is 18.3. The van der Waals surface area contributed by atoms with Gasteiger partial charge in [0.1, 0.15) is 22.8 Å². The van der Waals surface area contributed by atoms with Crippen LogP contribution in [0.2, 0.25) is 0 Å². The molecule has 204 valence electrons. The Morgan fingerprint density at radius 3 is 1.36 bits per heavy atom. The molecule has 4 nitrogen and oxygen atoms in total. The standard InChI is InChI=1S/C34H38O4S/c1-24(2)25-8-10-26(11-9-25)34(6,7)27-12-14-28(15-13-27)37-29-16-20-31(21-17-29)39(35,36)32-22-18-30(19-23-32)38-33(3,4)5/h8-24H,1-7H3. The third kappa shape index (κ3) is 6.72. The van der Waals surface area contributed by atoms with Gasteiger partial charge in [-0.1, -0.05) is 64.1 Å². The predicted octanol–water partition coefficient (Wildman–Crippen LogP) is 8.94. The summed E-state index contributed by atoms with van der Waals surface area (Å²) in [5.74, 6) is 2.39. The van der Waals surface area contributed by atoms with Gasteiger partial charge in [-0.05, 0) is 104 Å². The Hall–Kier alpha value is -3.57. The highest BCUT2D eigenvalue weighted by atomic mass is 32.2.